The number of hydrogen-bond donors (Lipinski definition) is 0. The summed E-state index contributed by atoms with van der Waals surface area (Å²) in [4.78, 5) is 36.5. The summed E-state index contributed by atoms with van der Waals surface area (Å²) in [5.41, 5.74) is 0. The maximum absolute atomic E-state index is 11.6. The second-order valence-electron chi connectivity index (χ2n) is 3.68. The van der Waals surface area contributed by atoms with Crippen molar-refractivity contribution < 1.29 is 14.4 Å². The zero-order valence-electron chi connectivity index (χ0n) is 8.22. The quantitative estimate of drug-likeness (QED) is 0.464. The maximum atomic E-state index is 11.6. The van der Waals surface area contributed by atoms with Gasteiger partial charge in [0.05, 0.1) is 6.04 Å². The SMILES string of the molecule is O=CN1CC[C@H](N2CCSC(=O)C2=O)C1. The van der Waals surface area contributed by atoms with Crippen molar-refractivity contribution in [3.8, 4) is 0 Å². The van der Waals surface area contributed by atoms with Gasteiger partial charge in [0.25, 0.3) is 5.12 Å². The summed E-state index contributed by atoms with van der Waals surface area (Å²) in [5, 5.41) is -0.370. The normalized spacial score (nSPS) is 27.3. The highest BCUT2D eigenvalue weighted by Gasteiger charge is 2.35. The van der Waals surface area contributed by atoms with E-state index >= 15 is 0 Å². The van der Waals surface area contributed by atoms with Gasteiger partial charge in [-0.15, -0.1) is 0 Å². The fraction of sp³-hybridized carbons (Fsp3) is 0.667. The third-order valence-electron chi connectivity index (χ3n) is 2.79. The Balaban J connectivity index is 2.01. The lowest BCUT2D eigenvalue weighted by Gasteiger charge is -2.30. The highest BCUT2D eigenvalue weighted by molar-refractivity contribution is 8.15. The number of hydrogen-bond acceptors (Lipinski definition) is 4. The highest BCUT2D eigenvalue weighted by atomic mass is 32.2. The Kier molecular flexibility index (Phi) is 2.95. The molecular formula is C9H12N2O3S. The molecule has 5 nitrogen and oxygen atoms in total. The van der Waals surface area contributed by atoms with Crippen LogP contribution >= 0.6 is 11.8 Å². The van der Waals surface area contributed by atoms with Crippen molar-refractivity contribution in [2.24, 2.45) is 0 Å². The van der Waals surface area contributed by atoms with Gasteiger partial charge in [-0.2, -0.15) is 0 Å². The lowest BCUT2D eigenvalue weighted by molar-refractivity contribution is -0.142. The smallest absolute Gasteiger partial charge is 0.301 e. The predicted octanol–water partition coefficient (Wildman–Crippen LogP) is -0.681. The Morgan fingerprint density at radius 2 is 2.13 bits per heavy atom. The minimum absolute atomic E-state index is 0.0348. The Morgan fingerprint density at radius 3 is 2.80 bits per heavy atom. The minimum atomic E-state index is -0.399. The Hall–Kier alpha value is -1.04. The van der Waals surface area contributed by atoms with E-state index in [9.17, 15) is 14.4 Å². The van der Waals surface area contributed by atoms with Gasteiger partial charge in [-0.1, -0.05) is 11.8 Å². The first kappa shape index (κ1) is 10.5. The first-order chi connectivity index (χ1) is 7.22. The molecule has 15 heavy (non-hydrogen) atoms. The average molecular weight is 228 g/mol. The fourth-order valence-electron chi connectivity index (χ4n) is 1.98. The molecule has 2 rings (SSSR count). The molecule has 6 heteroatoms. The molecule has 2 amide bonds. The molecule has 2 fully saturated rings. The van der Waals surface area contributed by atoms with Crippen LogP contribution in [0.25, 0.3) is 0 Å². The van der Waals surface area contributed by atoms with Gasteiger partial charge >= 0.3 is 5.91 Å². The number of amides is 2. The van der Waals surface area contributed by atoms with Crippen LogP contribution in [0.1, 0.15) is 6.42 Å². The van der Waals surface area contributed by atoms with Crippen LogP contribution in [0, 0.1) is 0 Å². The van der Waals surface area contributed by atoms with Crippen LogP contribution in [0.4, 0.5) is 0 Å². The van der Waals surface area contributed by atoms with Crippen LogP contribution in [0.3, 0.4) is 0 Å². The molecule has 0 aromatic rings. The lowest BCUT2D eigenvalue weighted by atomic mass is 10.2. The summed E-state index contributed by atoms with van der Waals surface area (Å²) < 4.78 is 0. The van der Waals surface area contributed by atoms with Crippen LogP contribution in [-0.2, 0) is 14.4 Å². The number of carbonyl (C=O) groups excluding carboxylic acids is 3. The van der Waals surface area contributed by atoms with Crippen LogP contribution < -0.4 is 0 Å². The average Bonchev–Trinajstić information content (AvgIpc) is 2.70. The van der Waals surface area contributed by atoms with Gasteiger partial charge < -0.3 is 9.80 Å². The molecule has 2 aliphatic heterocycles. The van der Waals surface area contributed by atoms with Crippen molar-refractivity contribution in [1.82, 2.24) is 9.80 Å². The summed E-state index contributed by atoms with van der Waals surface area (Å²) in [5.74, 6) is 0.270. The first-order valence-electron chi connectivity index (χ1n) is 4.89. The van der Waals surface area contributed by atoms with Crippen molar-refractivity contribution >= 4 is 29.2 Å². The molecule has 0 spiro atoms. The molecule has 0 aliphatic carbocycles. The molecule has 0 radical (unpaired) electrons. The van der Waals surface area contributed by atoms with E-state index in [0.717, 1.165) is 24.6 Å². The molecule has 0 bridgehead atoms. The monoisotopic (exact) mass is 228 g/mol. The van der Waals surface area contributed by atoms with E-state index in [4.69, 9.17) is 0 Å². The van der Waals surface area contributed by atoms with E-state index in [1.54, 1.807) is 9.80 Å². The van der Waals surface area contributed by atoms with E-state index in [2.05, 4.69) is 0 Å². The molecular weight excluding hydrogens is 216 g/mol. The van der Waals surface area contributed by atoms with Crippen molar-refractivity contribution in [2.75, 3.05) is 25.4 Å². The molecule has 0 N–H and O–H groups in total. The zero-order valence-corrected chi connectivity index (χ0v) is 9.03. The van der Waals surface area contributed by atoms with Gasteiger partial charge in [-0.05, 0) is 6.42 Å². The molecule has 82 valence electrons. The Labute approximate surface area is 91.8 Å². The zero-order chi connectivity index (χ0) is 10.8. The standard InChI is InChI=1S/C9H12N2O3S/c12-6-10-2-1-7(5-10)11-3-4-15-9(14)8(11)13/h6-7H,1-5H2/t7-/m0/s1. The van der Waals surface area contributed by atoms with E-state index in [0.29, 0.717) is 25.4 Å². The third kappa shape index (κ3) is 1.99. The number of thioether (sulfide) groups is 1. The second-order valence-corrected chi connectivity index (χ2v) is 4.75. The molecule has 2 aliphatic rings. The topological polar surface area (TPSA) is 57.7 Å². The third-order valence-corrected chi connectivity index (χ3v) is 3.61. The number of rotatable bonds is 2. The van der Waals surface area contributed by atoms with E-state index in [1.807, 2.05) is 0 Å². The van der Waals surface area contributed by atoms with Crippen molar-refractivity contribution in [3.05, 3.63) is 0 Å². The number of nitrogens with zero attached hydrogens (tertiary/aromatic N) is 2. The highest BCUT2D eigenvalue weighted by Crippen LogP contribution is 2.20. The van der Waals surface area contributed by atoms with Crippen LogP contribution in [-0.4, -0.2) is 58.7 Å². The van der Waals surface area contributed by atoms with Crippen LogP contribution in [0.2, 0.25) is 0 Å². The molecule has 0 unspecified atom stereocenters. The van der Waals surface area contributed by atoms with Crippen LogP contribution in [0.5, 0.6) is 0 Å². The maximum Gasteiger partial charge on any atom is 0.301 e. The van der Waals surface area contributed by atoms with Gasteiger partial charge in [0, 0.05) is 25.4 Å². The fourth-order valence-corrected chi connectivity index (χ4v) is 2.70. The van der Waals surface area contributed by atoms with E-state index in [-0.39, 0.29) is 11.2 Å². The van der Waals surface area contributed by atoms with E-state index < -0.39 is 5.91 Å². The molecule has 1 atom stereocenters. The summed E-state index contributed by atoms with van der Waals surface area (Å²) in [7, 11) is 0. The molecule has 0 aromatic carbocycles. The minimum Gasteiger partial charge on any atom is -0.343 e. The summed E-state index contributed by atoms with van der Waals surface area (Å²) >= 11 is 1.08. The predicted molar refractivity (Wildman–Crippen MR) is 55.2 cm³/mol. The lowest BCUT2D eigenvalue weighted by Crippen LogP contribution is -2.48. The summed E-state index contributed by atoms with van der Waals surface area (Å²) in [6, 6.07) is 0.0348. The van der Waals surface area contributed by atoms with Gasteiger partial charge in [-0.25, -0.2) is 0 Å². The van der Waals surface area contributed by atoms with Gasteiger partial charge in [0.1, 0.15) is 0 Å². The van der Waals surface area contributed by atoms with Crippen molar-refractivity contribution in [2.45, 2.75) is 12.5 Å². The van der Waals surface area contributed by atoms with Gasteiger partial charge in [0.2, 0.25) is 6.41 Å². The molecule has 0 saturated carbocycles. The van der Waals surface area contributed by atoms with E-state index in [1.165, 1.54) is 0 Å². The van der Waals surface area contributed by atoms with Gasteiger partial charge in [-0.3, -0.25) is 14.4 Å². The Morgan fingerprint density at radius 1 is 1.33 bits per heavy atom. The Bertz CT molecular complexity index is 308. The molecule has 2 heterocycles. The summed E-state index contributed by atoms with van der Waals surface area (Å²) in [6.45, 7) is 1.86. The number of likely N-dealkylation sites (tertiary alicyclic amines) is 1. The molecule has 0 aromatic heterocycles. The van der Waals surface area contributed by atoms with Gasteiger partial charge in [0.15, 0.2) is 0 Å². The second kappa shape index (κ2) is 4.22. The number of carbonyl (C=O) groups is 3. The largest absolute Gasteiger partial charge is 0.343 e. The summed E-state index contributed by atoms with van der Waals surface area (Å²) in [6.07, 6.45) is 1.58. The van der Waals surface area contributed by atoms with Crippen molar-refractivity contribution in [3.63, 3.8) is 0 Å². The van der Waals surface area contributed by atoms with Crippen molar-refractivity contribution in [1.29, 1.82) is 0 Å². The first-order valence-corrected chi connectivity index (χ1v) is 5.88. The molecule has 2 saturated heterocycles. The van der Waals surface area contributed by atoms with Crippen LogP contribution in [0.15, 0.2) is 0 Å².